The summed E-state index contributed by atoms with van der Waals surface area (Å²) in [4.78, 5) is 7.00. The van der Waals surface area contributed by atoms with Crippen molar-refractivity contribution < 1.29 is 4.74 Å². The lowest BCUT2D eigenvalue weighted by molar-refractivity contribution is 0.150. The first kappa shape index (κ1) is 15.0. The van der Waals surface area contributed by atoms with E-state index >= 15 is 0 Å². The van der Waals surface area contributed by atoms with E-state index in [0.717, 1.165) is 39.1 Å². The number of thiocarbonyl (C=S) groups is 1. The third kappa shape index (κ3) is 6.64. The van der Waals surface area contributed by atoms with Gasteiger partial charge in [-0.25, -0.2) is 0 Å². The van der Waals surface area contributed by atoms with Gasteiger partial charge in [0.05, 0.1) is 11.6 Å². The normalized spacial score (nSPS) is 10.8. The van der Waals surface area contributed by atoms with Crippen LogP contribution in [0.2, 0.25) is 0 Å². The van der Waals surface area contributed by atoms with Crippen LogP contribution < -0.4 is 5.73 Å². The van der Waals surface area contributed by atoms with Gasteiger partial charge in [0.25, 0.3) is 0 Å². The van der Waals surface area contributed by atoms with Crippen molar-refractivity contribution in [1.82, 2.24) is 9.88 Å². The van der Waals surface area contributed by atoms with Crippen LogP contribution in [0.3, 0.4) is 0 Å². The molecule has 0 spiro atoms. The van der Waals surface area contributed by atoms with Crippen molar-refractivity contribution in [3.8, 4) is 0 Å². The molecule has 5 heteroatoms. The molecule has 0 aliphatic rings. The summed E-state index contributed by atoms with van der Waals surface area (Å²) >= 11 is 4.91. The minimum atomic E-state index is 0.568. The lowest BCUT2D eigenvalue weighted by atomic mass is 10.2. The van der Waals surface area contributed by atoms with Crippen molar-refractivity contribution >= 4 is 17.2 Å². The Kier molecular flexibility index (Phi) is 7.48. The van der Waals surface area contributed by atoms with Crippen LogP contribution in [0.1, 0.15) is 12.0 Å². The molecule has 1 aromatic heterocycles. The van der Waals surface area contributed by atoms with E-state index < -0.39 is 0 Å². The Labute approximate surface area is 114 Å². The van der Waals surface area contributed by atoms with Gasteiger partial charge in [-0.3, -0.25) is 4.98 Å². The van der Waals surface area contributed by atoms with Crippen molar-refractivity contribution in [2.75, 3.05) is 33.4 Å². The van der Waals surface area contributed by atoms with E-state index in [-0.39, 0.29) is 0 Å². The Morgan fingerprint density at radius 3 is 2.89 bits per heavy atom. The van der Waals surface area contributed by atoms with Crippen LogP contribution in [-0.4, -0.2) is 48.2 Å². The third-order valence-corrected chi connectivity index (χ3v) is 2.93. The summed E-state index contributed by atoms with van der Waals surface area (Å²) in [6.07, 6.45) is 5.43. The van der Waals surface area contributed by atoms with Gasteiger partial charge in [-0.05, 0) is 18.1 Å². The van der Waals surface area contributed by atoms with Crippen molar-refractivity contribution in [2.45, 2.75) is 12.8 Å². The first-order valence-electron chi connectivity index (χ1n) is 6.11. The lowest BCUT2D eigenvalue weighted by Crippen LogP contribution is -2.32. The van der Waals surface area contributed by atoms with Gasteiger partial charge in [-0.15, -0.1) is 0 Å². The number of hydrogen-bond donors (Lipinski definition) is 1. The maximum Gasteiger partial charge on any atom is 0.0740 e. The fraction of sp³-hybridized carbons (Fsp3) is 0.538. The monoisotopic (exact) mass is 267 g/mol. The van der Waals surface area contributed by atoms with Gasteiger partial charge < -0.3 is 15.4 Å². The Balaban J connectivity index is 2.37. The molecule has 0 aromatic carbocycles. The van der Waals surface area contributed by atoms with E-state index in [1.165, 1.54) is 5.56 Å². The van der Waals surface area contributed by atoms with Gasteiger partial charge in [-0.1, -0.05) is 18.3 Å². The summed E-state index contributed by atoms with van der Waals surface area (Å²) in [6.45, 7) is 3.49. The van der Waals surface area contributed by atoms with Gasteiger partial charge in [0, 0.05) is 45.6 Å². The molecule has 0 unspecified atom stereocenters. The fourth-order valence-corrected chi connectivity index (χ4v) is 1.75. The highest BCUT2D eigenvalue weighted by Crippen LogP contribution is 2.01. The van der Waals surface area contributed by atoms with Crippen molar-refractivity contribution in [2.24, 2.45) is 5.73 Å². The standard InChI is InChI=1S/C13H21N3OS/c1-17-10-9-16(8-5-13(14)18)7-4-12-3-2-6-15-11-12/h2-3,6,11H,4-5,7-10H2,1H3,(H2,14,18). The number of nitrogens with zero attached hydrogens (tertiary/aromatic N) is 2. The molecule has 1 rings (SSSR count). The Morgan fingerprint density at radius 2 is 2.28 bits per heavy atom. The molecular weight excluding hydrogens is 246 g/mol. The molecule has 0 fully saturated rings. The maximum absolute atomic E-state index is 5.54. The summed E-state index contributed by atoms with van der Waals surface area (Å²) in [5.74, 6) is 0. The highest BCUT2D eigenvalue weighted by molar-refractivity contribution is 7.80. The zero-order chi connectivity index (χ0) is 13.2. The van der Waals surface area contributed by atoms with E-state index in [1.54, 1.807) is 13.3 Å². The zero-order valence-corrected chi connectivity index (χ0v) is 11.7. The molecule has 0 bridgehead atoms. The third-order valence-electron chi connectivity index (χ3n) is 2.73. The molecule has 0 saturated heterocycles. The predicted octanol–water partition coefficient (Wildman–Crippen LogP) is 1.25. The highest BCUT2D eigenvalue weighted by Gasteiger charge is 2.05. The molecule has 0 aliphatic heterocycles. The van der Waals surface area contributed by atoms with Gasteiger partial charge >= 0.3 is 0 Å². The van der Waals surface area contributed by atoms with E-state index in [2.05, 4.69) is 16.0 Å². The van der Waals surface area contributed by atoms with Crippen molar-refractivity contribution in [1.29, 1.82) is 0 Å². The van der Waals surface area contributed by atoms with Crippen molar-refractivity contribution in [3.05, 3.63) is 30.1 Å². The van der Waals surface area contributed by atoms with Gasteiger partial charge in [0.1, 0.15) is 0 Å². The molecule has 0 radical (unpaired) electrons. The second-order valence-corrected chi connectivity index (χ2v) is 4.69. The SMILES string of the molecule is COCCN(CCC(N)=S)CCc1cccnc1. The van der Waals surface area contributed by atoms with Crippen molar-refractivity contribution in [3.63, 3.8) is 0 Å². The molecule has 100 valence electrons. The van der Waals surface area contributed by atoms with Crippen LogP contribution in [0.4, 0.5) is 0 Å². The number of methoxy groups -OCH3 is 1. The summed E-state index contributed by atoms with van der Waals surface area (Å²) < 4.78 is 5.11. The van der Waals surface area contributed by atoms with E-state index in [0.29, 0.717) is 4.99 Å². The number of aromatic nitrogens is 1. The van der Waals surface area contributed by atoms with E-state index in [4.69, 9.17) is 22.7 Å². The van der Waals surface area contributed by atoms with E-state index in [9.17, 15) is 0 Å². The molecule has 0 saturated carbocycles. The van der Waals surface area contributed by atoms with Gasteiger partial charge in [-0.2, -0.15) is 0 Å². The molecule has 18 heavy (non-hydrogen) atoms. The lowest BCUT2D eigenvalue weighted by Gasteiger charge is -2.21. The molecule has 1 heterocycles. The average Bonchev–Trinajstić information content (AvgIpc) is 2.39. The number of hydrogen-bond acceptors (Lipinski definition) is 4. The number of pyridine rings is 1. The molecule has 0 aliphatic carbocycles. The van der Waals surface area contributed by atoms with Crippen LogP contribution in [0.5, 0.6) is 0 Å². The minimum absolute atomic E-state index is 0.568. The summed E-state index contributed by atoms with van der Waals surface area (Å²) in [5.41, 5.74) is 6.79. The van der Waals surface area contributed by atoms with Crippen LogP contribution in [0.25, 0.3) is 0 Å². The molecule has 0 amide bonds. The topological polar surface area (TPSA) is 51.4 Å². The number of rotatable bonds is 9. The van der Waals surface area contributed by atoms with Crippen LogP contribution >= 0.6 is 12.2 Å². The first-order chi connectivity index (χ1) is 8.72. The Morgan fingerprint density at radius 1 is 1.44 bits per heavy atom. The Hall–Kier alpha value is -1.04. The fourth-order valence-electron chi connectivity index (χ4n) is 1.66. The second-order valence-electron chi connectivity index (χ2n) is 4.16. The molecule has 2 N–H and O–H groups in total. The molecule has 4 nitrogen and oxygen atoms in total. The number of nitrogens with two attached hydrogens (primary N) is 1. The smallest absolute Gasteiger partial charge is 0.0740 e. The van der Waals surface area contributed by atoms with Gasteiger partial charge in [0.15, 0.2) is 0 Å². The number of ether oxygens (including phenoxy) is 1. The molecule has 0 atom stereocenters. The first-order valence-corrected chi connectivity index (χ1v) is 6.51. The van der Waals surface area contributed by atoms with Crippen LogP contribution in [0.15, 0.2) is 24.5 Å². The molecular formula is C13H21N3OS. The highest BCUT2D eigenvalue weighted by atomic mass is 32.1. The minimum Gasteiger partial charge on any atom is -0.393 e. The van der Waals surface area contributed by atoms with Crippen LogP contribution in [-0.2, 0) is 11.2 Å². The summed E-state index contributed by atoms with van der Waals surface area (Å²) in [5, 5.41) is 0. The second kappa shape index (κ2) is 8.97. The average molecular weight is 267 g/mol. The quantitative estimate of drug-likeness (QED) is 0.682. The van der Waals surface area contributed by atoms with Crippen LogP contribution in [0, 0.1) is 0 Å². The molecule has 1 aromatic rings. The van der Waals surface area contributed by atoms with Gasteiger partial charge in [0.2, 0.25) is 0 Å². The predicted molar refractivity (Wildman–Crippen MR) is 77.7 cm³/mol. The van der Waals surface area contributed by atoms with E-state index in [1.807, 2.05) is 12.3 Å². The maximum atomic E-state index is 5.54. The largest absolute Gasteiger partial charge is 0.393 e. The Bertz CT molecular complexity index is 345. The summed E-state index contributed by atoms with van der Waals surface area (Å²) in [7, 11) is 1.72. The summed E-state index contributed by atoms with van der Waals surface area (Å²) in [6, 6.07) is 4.05. The zero-order valence-electron chi connectivity index (χ0n) is 10.8.